The normalized spacial score (nSPS) is 12.3. The number of allylic oxidation sites excluding steroid dienone is 2. The summed E-state index contributed by atoms with van der Waals surface area (Å²) in [6.45, 7) is 2.20. The van der Waals surface area contributed by atoms with Crippen LogP contribution in [0.4, 0.5) is 0 Å². The van der Waals surface area contributed by atoms with Crippen LogP contribution >= 0.6 is 0 Å². The average Bonchev–Trinajstić information content (AvgIpc) is 3.12. The first-order valence-electron chi connectivity index (χ1n) is 9.78. The first-order valence-corrected chi connectivity index (χ1v) is 9.78. The maximum Gasteiger partial charge on any atom is 0.326 e. The molecule has 1 aromatic rings. The van der Waals surface area contributed by atoms with Gasteiger partial charge in [-0.2, -0.15) is 0 Å². The molecule has 3 N–H and O–H groups in total. The minimum atomic E-state index is -1.03. The van der Waals surface area contributed by atoms with E-state index in [1.807, 2.05) is 0 Å². The summed E-state index contributed by atoms with van der Waals surface area (Å²) in [6.07, 6.45) is 18.3. The van der Waals surface area contributed by atoms with Crippen molar-refractivity contribution in [2.24, 2.45) is 0 Å². The van der Waals surface area contributed by atoms with E-state index in [1.54, 1.807) is 6.20 Å². The van der Waals surface area contributed by atoms with Gasteiger partial charge in [0.25, 0.3) is 0 Å². The summed E-state index contributed by atoms with van der Waals surface area (Å²) in [5.74, 6) is -1.23. The Morgan fingerprint density at radius 3 is 2.50 bits per heavy atom. The number of rotatable bonds is 15. The smallest absolute Gasteiger partial charge is 0.326 e. The van der Waals surface area contributed by atoms with Crippen molar-refractivity contribution in [3.05, 3.63) is 30.4 Å². The van der Waals surface area contributed by atoms with Crippen molar-refractivity contribution in [2.75, 3.05) is 0 Å². The third-order valence-electron chi connectivity index (χ3n) is 4.28. The summed E-state index contributed by atoms with van der Waals surface area (Å²) in [4.78, 5) is 29.9. The number of carboxylic acid groups (broad SMARTS) is 1. The third kappa shape index (κ3) is 10.7. The van der Waals surface area contributed by atoms with Gasteiger partial charge in [-0.15, -0.1) is 0 Å². The Morgan fingerprint density at radius 1 is 1.15 bits per heavy atom. The van der Waals surface area contributed by atoms with E-state index in [9.17, 15) is 14.7 Å². The highest BCUT2D eigenvalue weighted by Crippen LogP contribution is 2.09. The summed E-state index contributed by atoms with van der Waals surface area (Å²) in [5, 5.41) is 11.8. The van der Waals surface area contributed by atoms with Crippen LogP contribution < -0.4 is 5.32 Å². The van der Waals surface area contributed by atoms with Crippen molar-refractivity contribution in [1.29, 1.82) is 0 Å². The standard InChI is InChI=1S/C20H33N3O3/c1-2-3-4-5-6-7-8-9-10-11-12-13-19(24)23-18(20(25)26)14-17-15-21-16-22-17/h5-6,15-16,18H,2-4,7-14H2,1H3,(H,21,22)(H,23,24)(H,25,26)/b6-5-/t18-/m0/s1. The SMILES string of the molecule is CCCC/C=C\CCCCCCCC(=O)N[C@@H](Cc1cnc[nH]1)C(=O)O. The van der Waals surface area contributed by atoms with Crippen LogP contribution in [0.1, 0.15) is 76.8 Å². The van der Waals surface area contributed by atoms with Crippen molar-refractivity contribution in [1.82, 2.24) is 15.3 Å². The largest absolute Gasteiger partial charge is 0.480 e. The molecule has 0 spiro atoms. The van der Waals surface area contributed by atoms with Crippen LogP contribution in [0.5, 0.6) is 0 Å². The maximum absolute atomic E-state index is 11.9. The number of aromatic amines is 1. The summed E-state index contributed by atoms with van der Waals surface area (Å²) < 4.78 is 0. The van der Waals surface area contributed by atoms with Crippen molar-refractivity contribution >= 4 is 11.9 Å². The van der Waals surface area contributed by atoms with Crippen molar-refractivity contribution < 1.29 is 14.7 Å². The van der Waals surface area contributed by atoms with E-state index in [0.717, 1.165) is 25.7 Å². The minimum absolute atomic E-state index is 0.198. The molecule has 0 bridgehead atoms. The quantitative estimate of drug-likeness (QED) is 0.324. The molecule has 0 saturated heterocycles. The number of carbonyl (C=O) groups is 2. The highest BCUT2D eigenvalue weighted by molar-refractivity contribution is 5.83. The molecule has 0 aliphatic rings. The molecule has 1 amide bonds. The van der Waals surface area contributed by atoms with Gasteiger partial charge < -0.3 is 15.4 Å². The molecule has 0 aromatic carbocycles. The number of aliphatic carboxylic acids is 1. The number of nitrogens with zero attached hydrogens (tertiary/aromatic N) is 1. The number of imidazole rings is 1. The van der Waals surface area contributed by atoms with Gasteiger partial charge in [0, 0.05) is 24.7 Å². The predicted octanol–water partition coefficient (Wildman–Crippen LogP) is 4.00. The van der Waals surface area contributed by atoms with Gasteiger partial charge in [0.15, 0.2) is 0 Å². The second-order valence-electron chi connectivity index (χ2n) is 6.66. The number of unbranched alkanes of at least 4 members (excludes halogenated alkanes) is 7. The number of hydrogen-bond donors (Lipinski definition) is 3. The van der Waals surface area contributed by atoms with Crippen LogP contribution in [0, 0.1) is 0 Å². The van der Waals surface area contributed by atoms with Gasteiger partial charge >= 0.3 is 5.97 Å². The van der Waals surface area contributed by atoms with Crippen molar-refractivity contribution in [3.8, 4) is 0 Å². The molecule has 1 rings (SSSR count). The van der Waals surface area contributed by atoms with Gasteiger partial charge in [-0.1, -0.05) is 51.2 Å². The predicted molar refractivity (Wildman–Crippen MR) is 103 cm³/mol. The minimum Gasteiger partial charge on any atom is -0.480 e. The Morgan fingerprint density at radius 2 is 1.85 bits per heavy atom. The zero-order chi connectivity index (χ0) is 19.0. The highest BCUT2D eigenvalue weighted by Gasteiger charge is 2.20. The van der Waals surface area contributed by atoms with E-state index >= 15 is 0 Å². The lowest BCUT2D eigenvalue weighted by Crippen LogP contribution is -2.42. The summed E-state index contributed by atoms with van der Waals surface area (Å²) in [5.41, 5.74) is 0.696. The Hall–Kier alpha value is -2.11. The van der Waals surface area contributed by atoms with E-state index in [2.05, 4.69) is 34.4 Å². The van der Waals surface area contributed by atoms with E-state index in [-0.39, 0.29) is 12.3 Å². The maximum atomic E-state index is 11.9. The molecule has 0 aliphatic heterocycles. The summed E-state index contributed by atoms with van der Waals surface area (Å²) in [7, 11) is 0. The second-order valence-corrected chi connectivity index (χ2v) is 6.66. The molecule has 0 radical (unpaired) electrons. The number of nitrogens with one attached hydrogen (secondary N) is 2. The fourth-order valence-corrected chi connectivity index (χ4v) is 2.72. The number of aromatic nitrogens is 2. The summed E-state index contributed by atoms with van der Waals surface area (Å²) in [6, 6.07) is -0.914. The summed E-state index contributed by atoms with van der Waals surface area (Å²) >= 11 is 0. The second kappa shape index (κ2) is 14.1. The third-order valence-corrected chi connectivity index (χ3v) is 4.28. The van der Waals surface area contributed by atoms with Gasteiger partial charge in [0.2, 0.25) is 5.91 Å². The monoisotopic (exact) mass is 363 g/mol. The number of H-pyrrole nitrogens is 1. The lowest BCUT2D eigenvalue weighted by Gasteiger charge is -2.13. The van der Waals surface area contributed by atoms with Crippen LogP contribution in [0.25, 0.3) is 0 Å². The molecule has 0 aliphatic carbocycles. The number of carbonyl (C=O) groups excluding carboxylic acids is 1. The zero-order valence-electron chi connectivity index (χ0n) is 15.9. The van der Waals surface area contributed by atoms with E-state index in [0.29, 0.717) is 12.1 Å². The van der Waals surface area contributed by atoms with Gasteiger partial charge in [-0.05, 0) is 25.7 Å². The van der Waals surface area contributed by atoms with Crippen LogP contribution in [-0.4, -0.2) is 33.0 Å². The lowest BCUT2D eigenvalue weighted by molar-refractivity contribution is -0.141. The van der Waals surface area contributed by atoms with Gasteiger partial charge in [0.1, 0.15) is 6.04 Å². The number of carboxylic acids is 1. The van der Waals surface area contributed by atoms with Gasteiger partial charge in [-0.25, -0.2) is 9.78 Å². The molecule has 1 atom stereocenters. The van der Waals surface area contributed by atoms with Crippen LogP contribution in [0.2, 0.25) is 0 Å². The van der Waals surface area contributed by atoms with E-state index in [4.69, 9.17) is 0 Å². The first kappa shape index (κ1) is 21.9. The van der Waals surface area contributed by atoms with Crippen molar-refractivity contribution in [2.45, 2.75) is 83.6 Å². The fourth-order valence-electron chi connectivity index (χ4n) is 2.72. The van der Waals surface area contributed by atoms with Crippen LogP contribution in [-0.2, 0) is 16.0 Å². The number of amides is 1. The molecule has 0 saturated carbocycles. The molecular formula is C20H33N3O3. The lowest BCUT2D eigenvalue weighted by atomic mass is 10.1. The molecule has 6 heteroatoms. The van der Waals surface area contributed by atoms with Gasteiger partial charge in [0.05, 0.1) is 6.33 Å². The fraction of sp³-hybridized carbons (Fsp3) is 0.650. The molecular weight excluding hydrogens is 330 g/mol. The van der Waals surface area contributed by atoms with Crippen molar-refractivity contribution in [3.63, 3.8) is 0 Å². The van der Waals surface area contributed by atoms with Crippen LogP contribution in [0.15, 0.2) is 24.7 Å². The van der Waals surface area contributed by atoms with Gasteiger partial charge in [-0.3, -0.25) is 4.79 Å². The molecule has 6 nitrogen and oxygen atoms in total. The molecule has 1 aromatic heterocycles. The Bertz CT molecular complexity index is 526. The molecule has 0 unspecified atom stereocenters. The molecule has 0 fully saturated rings. The zero-order valence-corrected chi connectivity index (χ0v) is 15.9. The molecule has 146 valence electrons. The Balaban J connectivity index is 2.06. The van der Waals surface area contributed by atoms with E-state index < -0.39 is 12.0 Å². The molecule has 1 heterocycles. The molecule has 26 heavy (non-hydrogen) atoms. The average molecular weight is 364 g/mol. The number of hydrogen-bond acceptors (Lipinski definition) is 3. The Kier molecular flexibility index (Phi) is 11.9. The van der Waals surface area contributed by atoms with Crippen LogP contribution in [0.3, 0.4) is 0 Å². The first-order chi connectivity index (χ1) is 12.6. The highest BCUT2D eigenvalue weighted by atomic mass is 16.4. The van der Waals surface area contributed by atoms with E-state index in [1.165, 1.54) is 38.4 Å². The Labute approximate surface area is 156 Å². The topological polar surface area (TPSA) is 95.1 Å².